The normalized spacial score (nSPS) is 21.9. The van der Waals surface area contributed by atoms with Gasteiger partial charge in [-0.3, -0.25) is 4.79 Å². The summed E-state index contributed by atoms with van der Waals surface area (Å²) in [6.45, 7) is 1.98. The van der Waals surface area contributed by atoms with Gasteiger partial charge in [0, 0.05) is 13.2 Å². The van der Waals surface area contributed by atoms with E-state index in [-0.39, 0.29) is 30.3 Å². The van der Waals surface area contributed by atoms with E-state index >= 15 is 0 Å². The molecule has 1 aliphatic heterocycles. The lowest BCUT2D eigenvalue weighted by atomic mass is 9.89. The summed E-state index contributed by atoms with van der Waals surface area (Å²) in [6, 6.07) is 9.99. The SMILES string of the molecule is Cl.NCCCNC(=O)C1CCCOC1c1ccccc1. The van der Waals surface area contributed by atoms with Crippen molar-refractivity contribution >= 4 is 18.3 Å². The van der Waals surface area contributed by atoms with Crippen molar-refractivity contribution in [3.8, 4) is 0 Å². The van der Waals surface area contributed by atoms with Crippen LogP contribution in [0, 0.1) is 5.92 Å². The van der Waals surface area contributed by atoms with Crippen molar-refractivity contribution in [2.24, 2.45) is 11.7 Å². The number of hydrogen-bond donors (Lipinski definition) is 2. The average Bonchev–Trinajstić information content (AvgIpc) is 2.48. The Hall–Kier alpha value is -1.10. The largest absolute Gasteiger partial charge is 0.373 e. The monoisotopic (exact) mass is 298 g/mol. The summed E-state index contributed by atoms with van der Waals surface area (Å²) in [6.07, 6.45) is 2.52. The third-order valence-corrected chi connectivity index (χ3v) is 3.47. The maximum absolute atomic E-state index is 12.2. The fraction of sp³-hybridized carbons (Fsp3) is 0.533. The third kappa shape index (κ3) is 4.47. The van der Waals surface area contributed by atoms with Crippen molar-refractivity contribution in [3.63, 3.8) is 0 Å². The van der Waals surface area contributed by atoms with Crippen molar-refractivity contribution in [1.29, 1.82) is 0 Å². The van der Waals surface area contributed by atoms with Gasteiger partial charge in [0.25, 0.3) is 0 Å². The fourth-order valence-corrected chi connectivity index (χ4v) is 2.47. The second kappa shape index (κ2) is 8.95. The zero-order valence-corrected chi connectivity index (χ0v) is 12.4. The van der Waals surface area contributed by atoms with Crippen LogP contribution in [0.25, 0.3) is 0 Å². The van der Waals surface area contributed by atoms with Gasteiger partial charge in [-0.25, -0.2) is 0 Å². The molecular weight excluding hydrogens is 276 g/mol. The van der Waals surface area contributed by atoms with Gasteiger partial charge in [0.1, 0.15) is 0 Å². The molecule has 2 rings (SSSR count). The molecule has 1 heterocycles. The summed E-state index contributed by atoms with van der Waals surface area (Å²) in [4.78, 5) is 12.2. The molecule has 1 fully saturated rings. The van der Waals surface area contributed by atoms with E-state index in [1.54, 1.807) is 0 Å². The van der Waals surface area contributed by atoms with E-state index in [2.05, 4.69) is 5.32 Å². The maximum atomic E-state index is 12.2. The number of nitrogens with two attached hydrogens (primary N) is 1. The van der Waals surface area contributed by atoms with E-state index < -0.39 is 0 Å². The molecule has 5 heteroatoms. The molecule has 0 radical (unpaired) electrons. The highest BCUT2D eigenvalue weighted by molar-refractivity contribution is 5.85. The van der Waals surface area contributed by atoms with Crippen LogP contribution in [-0.4, -0.2) is 25.6 Å². The summed E-state index contributed by atoms with van der Waals surface area (Å²) >= 11 is 0. The summed E-state index contributed by atoms with van der Waals surface area (Å²) < 4.78 is 5.82. The van der Waals surface area contributed by atoms with Gasteiger partial charge in [-0.05, 0) is 31.4 Å². The van der Waals surface area contributed by atoms with Crippen LogP contribution in [0.4, 0.5) is 0 Å². The Kier molecular flexibility index (Phi) is 7.59. The summed E-state index contributed by atoms with van der Waals surface area (Å²) in [7, 11) is 0. The van der Waals surface area contributed by atoms with Crippen molar-refractivity contribution in [2.45, 2.75) is 25.4 Å². The van der Waals surface area contributed by atoms with Gasteiger partial charge in [-0.1, -0.05) is 30.3 Å². The maximum Gasteiger partial charge on any atom is 0.226 e. The standard InChI is InChI=1S/C15H22N2O2.ClH/c16-9-5-10-17-15(18)13-8-4-11-19-14(13)12-6-2-1-3-7-12;/h1-3,6-7,13-14H,4-5,8-11,16H2,(H,17,18);1H. The Morgan fingerprint density at radius 3 is 2.80 bits per heavy atom. The second-order valence-corrected chi connectivity index (χ2v) is 4.88. The fourth-order valence-electron chi connectivity index (χ4n) is 2.47. The van der Waals surface area contributed by atoms with Gasteiger partial charge in [-0.2, -0.15) is 0 Å². The zero-order chi connectivity index (χ0) is 13.5. The molecule has 0 bridgehead atoms. The van der Waals surface area contributed by atoms with Crippen LogP contribution in [0.5, 0.6) is 0 Å². The number of hydrogen-bond acceptors (Lipinski definition) is 3. The molecule has 1 amide bonds. The van der Waals surface area contributed by atoms with Crippen LogP contribution in [-0.2, 0) is 9.53 Å². The van der Waals surface area contributed by atoms with Crippen molar-refractivity contribution < 1.29 is 9.53 Å². The predicted octanol–water partition coefficient (Wildman–Crippen LogP) is 2.04. The first-order valence-electron chi connectivity index (χ1n) is 6.97. The first-order chi connectivity index (χ1) is 9.33. The number of halogens is 1. The van der Waals surface area contributed by atoms with E-state index in [4.69, 9.17) is 10.5 Å². The van der Waals surface area contributed by atoms with Crippen LogP contribution < -0.4 is 11.1 Å². The van der Waals surface area contributed by atoms with Crippen molar-refractivity contribution in [1.82, 2.24) is 5.32 Å². The average molecular weight is 299 g/mol. The van der Waals surface area contributed by atoms with E-state index in [1.165, 1.54) is 0 Å². The van der Waals surface area contributed by atoms with Crippen LogP contribution in [0.15, 0.2) is 30.3 Å². The van der Waals surface area contributed by atoms with Gasteiger partial charge in [0.15, 0.2) is 0 Å². The molecule has 0 saturated carbocycles. The smallest absolute Gasteiger partial charge is 0.226 e. The van der Waals surface area contributed by atoms with Crippen LogP contribution >= 0.6 is 12.4 Å². The molecule has 0 spiro atoms. The molecule has 20 heavy (non-hydrogen) atoms. The van der Waals surface area contributed by atoms with Gasteiger partial charge < -0.3 is 15.8 Å². The minimum Gasteiger partial charge on any atom is -0.373 e. The molecule has 1 saturated heterocycles. The number of benzene rings is 1. The number of carbonyl (C=O) groups excluding carboxylic acids is 1. The molecule has 1 aliphatic rings. The zero-order valence-electron chi connectivity index (χ0n) is 11.6. The molecule has 1 aromatic carbocycles. The van der Waals surface area contributed by atoms with E-state index in [0.29, 0.717) is 13.1 Å². The van der Waals surface area contributed by atoms with Gasteiger partial charge in [0.2, 0.25) is 5.91 Å². The van der Waals surface area contributed by atoms with Gasteiger partial charge in [0.05, 0.1) is 12.0 Å². The molecular formula is C15H23ClN2O2. The molecule has 0 aromatic heterocycles. The Balaban J connectivity index is 0.00000200. The lowest BCUT2D eigenvalue weighted by Gasteiger charge is -2.31. The highest BCUT2D eigenvalue weighted by Gasteiger charge is 2.32. The number of rotatable bonds is 5. The minimum atomic E-state index is -0.118. The molecule has 3 N–H and O–H groups in total. The first-order valence-corrected chi connectivity index (χ1v) is 6.97. The van der Waals surface area contributed by atoms with E-state index in [0.717, 1.165) is 31.4 Å². The summed E-state index contributed by atoms with van der Waals surface area (Å²) in [5.41, 5.74) is 6.52. The molecule has 0 aliphatic carbocycles. The topological polar surface area (TPSA) is 64.3 Å². The molecule has 112 valence electrons. The highest BCUT2D eigenvalue weighted by atomic mass is 35.5. The van der Waals surface area contributed by atoms with Crippen LogP contribution in [0.2, 0.25) is 0 Å². The highest BCUT2D eigenvalue weighted by Crippen LogP contribution is 2.33. The van der Waals surface area contributed by atoms with Crippen LogP contribution in [0.3, 0.4) is 0 Å². The van der Waals surface area contributed by atoms with Crippen molar-refractivity contribution in [2.75, 3.05) is 19.7 Å². The molecule has 1 aromatic rings. The number of nitrogens with one attached hydrogen (secondary N) is 1. The van der Waals surface area contributed by atoms with E-state index in [9.17, 15) is 4.79 Å². The molecule has 2 unspecified atom stereocenters. The second-order valence-electron chi connectivity index (χ2n) is 4.88. The lowest BCUT2D eigenvalue weighted by Crippen LogP contribution is -2.38. The number of carbonyl (C=O) groups is 1. The lowest BCUT2D eigenvalue weighted by molar-refractivity contribution is -0.134. The number of amides is 1. The number of ether oxygens (including phenoxy) is 1. The van der Waals surface area contributed by atoms with Gasteiger partial charge in [-0.15, -0.1) is 12.4 Å². The predicted molar refractivity (Wildman–Crippen MR) is 81.8 cm³/mol. The Bertz CT molecular complexity index is 400. The quantitative estimate of drug-likeness (QED) is 0.818. The Morgan fingerprint density at radius 2 is 2.10 bits per heavy atom. The molecule has 4 nitrogen and oxygen atoms in total. The Labute approximate surface area is 126 Å². The summed E-state index contributed by atoms with van der Waals surface area (Å²) in [5.74, 6) is -0.00377. The first kappa shape index (κ1) is 17.0. The Morgan fingerprint density at radius 1 is 1.35 bits per heavy atom. The summed E-state index contributed by atoms with van der Waals surface area (Å²) in [5, 5.41) is 2.95. The van der Waals surface area contributed by atoms with Gasteiger partial charge >= 0.3 is 0 Å². The van der Waals surface area contributed by atoms with Crippen molar-refractivity contribution in [3.05, 3.63) is 35.9 Å². The van der Waals surface area contributed by atoms with E-state index in [1.807, 2.05) is 30.3 Å². The van der Waals surface area contributed by atoms with Crippen LogP contribution in [0.1, 0.15) is 30.9 Å². The molecule has 2 atom stereocenters. The minimum absolute atomic E-state index is 0. The third-order valence-electron chi connectivity index (χ3n) is 3.47.